The number of hydrogen-bond acceptors (Lipinski definition) is 3. The van der Waals surface area contributed by atoms with Crippen LogP contribution >= 0.6 is 0 Å². The van der Waals surface area contributed by atoms with Crippen LogP contribution in [0.4, 0.5) is 5.69 Å². The van der Waals surface area contributed by atoms with Crippen molar-refractivity contribution in [2.45, 2.75) is 19.0 Å². The lowest BCUT2D eigenvalue weighted by atomic mass is 10.2. The van der Waals surface area contributed by atoms with E-state index >= 15 is 0 Å². The van der Waals surface area contributed by atoms with Crippen LogP contribution in [0.3, 0.4) is 0 Å². The van der Waals surface area contributed by atoms with Crippen LogP contribution in [0.1, 0.15) is 18.4 Å². The summed E-state index contributed by atoms with van der Waals surface area (Å²) in [6, 6.07) is 2.02. The van der Waals surface area contributed by atoms with Crippen LogP contribution in [-0.2, 0) is 0 Å². The van der Waals surface area contributed by atoms with E-state index in [1.807, 2.05) is 19.3 Å². The summed E-state index contributed by atoms with van der Waals surface area (Å²) in [5.41, 5.74) is 1.96. The Morgan fingerprint density at radius 3 is 3.20 bits per heavy atom. The first kappa shape index (κ1) is 10.0. The molecule has 1 aliphatic rings. The first-order valence-electron chi connectivity index (χ1n) is 5.20. The van der Waals surface area contributed by atoms with Crippen LogP contribution in [0.15, 0.2) is 18.5 Å². The van der Waals surface area contributed by atoms with Gasteiger partial charge in [-0.25, -0.2) is 0 Å². The fraction of sp³-hybridized carbons (Fsp3) is 0.417. The molecule has 1 N–H and O–H groups in total. The van der Waals surface area contributed by atoms with Gasteiger partial charge < -0.3 is 10.2 Å². The lowest BCUT2D eigenvalue weighted by molar-refractivity contribution is 0.582. The van der Waals surface area contributed by atoms with Gasteiger partial charge in [0.2, 0.25) is 0 Å². The predicted octanol–water partition coefficient (Wildman–Crippen LogP) is 1.21. The number of hydrogen-bond donors (Lipinski definition) is 1. The van der Waals surface area contributed by atoms with Gasteiger partial charge in [-0.05, 0) is 26.0 Å². The van der Waals surface area contributed by atoms with Gasteiger partial charge in [0.1, 0.15) is 0 Å². The minimum absolute atomic E-state index is 0.417. The van der Waals surface area contributed by atoms with Crippen LogP contribution in [0.25, 0.3) is 0 Å². The summed E-state index contributed by atoms with van der Waals surface area (Å²) >= 11 is 0. The number of rotatable bonds is 2. The minimum atomic E-state index is 0.417. The van der Waals surface area contributed by atoms with Gasteiger partial charge in [0.25, 0.3) is 0 Å². The quantitative estimate of drug-likeness (QED) is 0.729. The van der Waals surface area contributed by atoms with E-state index in [1.165, 1.54) is 12.8 Å². The average molecular weight is 201 g/mol. The van der Waals surface area contributed by atoms with Crippen molar-refractivity contribution in [2.75, 3.05) is 18.5 Å². The Morgan fingerprint density at radius 1 is 1.60 bits per heavy atom. The molecule has 3 heteroatoms. The van der Waals surface area contributed by atoms with Gasteiger partial charge in [0.15, 0.2) is 0 Å². The first-order chi connectivity index (χ1) is 7.35. The van der Waals surface area contributed by atoms with Crippen LogP contribution in [0.5, 0.6) is 0 Å². The maximum absolute atomic E-state index is 5.36. The molecule has 0 aliphatic carbocycles. The highest BCUT2D eigenvalue weighted by atomic mass is 15.3. The summed E-state index contributed by atoms with van der Waals surface area (Å²) in [5, 5.41) is 3.30. The molecule has 1 aliphatic heterocycles. The highest BCUT2D eigenvalue weighted by Crippen LogP contribution is 2.23. The molecular formula is C12H15N3. The lowest BCUT2D eigenvalue weighted by Crippen LogP contribution is -2.39. The van der Waals surface area contributed by atoms with Crippen LogP contribution in [-0.4, -0.2) is 24.7 Å². The molecule has 1 aromatic heterocycles. The fourth-order valence-corrected chi connectivity index (χ4v) is 2.04. The van der Waals surface area contributed by atoms with Gasteiger partial charge >= 0.3 is 0 Å². The largest absolute Gasteiger partial charge is 0.355 e. The molecular weight excluding hydrogens is 186 g/mol. The van der Waals surface area contributed by atoms with Crippen LogP contribution in [0.2, 0.25) is 0 Å². The van der Waals surface area contributed by atoms with E-state index in [4.69, 9.17) is 6.42 Å². The number of pyridine rings is 1. The average Bonchev–Trinajstić information content (AvgIpc) is 2.77. The summed E-state index contributed by atoms with van der Waals surface area (Å²) < 4.78 is 0. The molecule has 78 valence electrons. The van der Waals surface area contributed by atoms with Gasteiger partial charge in [0.05, 0.1) is 18.1 Å². The topological polar surface area (TPSA) is 28.2 Å². The first-order valence-corrected chi connectivity index (χ1v) is 5.20. The van der Waals surface area contributed by atoms with Gasteiger partial charge in [-0.15, -0.1) is 6.42 Å². The summed E-state index contributed by atoms with van der Waals surface area (Å²) in [5.74, 6) is 2.61. The van der Waals surface area contributed by atoms with E-state index in [0.717, 1.165) is 17.8 Å². The Hall–Kier alpha value is -1.53. The normalized spacial score (nSPS) is 20.3. The van der Waals surface area contributed by atoms with Crippen LogP contribution < -0.4 is 10.2 Å². The summed E-state index contributed by atoms with van der Waals surface area (Å²) in [6.07, 6.45) is 11.8. The number of nitrogens with zero attached hydrogens (tertiary/aromatic N) is 2. The second kappa shape index (κ2) is 4.33. The van der Waals surface area contributed by atoms with Crippen molar-refractivity contribution in [3.05, 3.63) is 24.0 Å². The fourth-order valence-electron chi connectivity index (χ4n) is 2.04. The van der Waals surface area contributed by atoms with E-state index in [1.54, 1.807) is 6.20 Å². The minimum Gasteiger partial charge on any atom is -0.355 e. The van der Waals surface area contributed by atoms with Crippen LogP contribution in [0, 0.1) is 12.3 Å². The molecule has 3 nitrogen and oxygen atoms in total. The standard InChI is InChI=1S/C12H15N3/c1-3-10-7-11(9-14-8-10)15-6-4-5-12(15)13-2/h1,7-9,12-13H,4-6H2,2H3. The van der Waals surface area contributed by atoms with E-state index in [0.29, 0.717) is 6.17 Å². The zero-order valence-electron chi connectivity index (χ0n) is 8.90. The zero-order valence-corrected chi connectivity index (χ0v) is 8.90. The van der Waals surface area contributed by atoms with E-state index in [2.05, 4.69) is 21.1 Å². The maximum atomic E-state index is 5.36. The van der Waals surface area contributed by atoms with Gasteiger partial charge in [-0.1, -0.05) is 5.92 Å². The predicted molar refractivity (Wildman–Crippen MR) is 61.6 cm³/mol. The van der Waals surface area contributed by atoms with Crippen molar-refractivity contribution in [2.24, 2.45) is 0 Å². The summed E-state index contributed by atoms with van der Waals surface area (Å²) in [6.45, 7) is 1.07. The van der Waals surface area contributed by atoms with E-state index in [-0.39, 0.29) is 0 Å². The molecule has 0 saturated carbocycles. The smallest absolute Gasteiger partial charge is 0.0794 e. The summed E-state index contributed by atoms with van der Waals surface area (Å²) in [7, 11) is 1.99. The molecule has 2 heterocycles. The monoisotopic (exact) mass is 201 g/mol. The van der Waals surface area contributed by atoms with Gasteiger partial charge in [-0.3, -0.25) is 4.98 Å². The van der Waals surface area contributed by atoms with Crippen molar-refractivity contribution in [1.29, 1.82) is 0 Å². The van der Waals surface area contributed by atoms with Crippen molar-refractivity contribution in [3.63, 3.8) is 0 Å². The highest BCUT2D eigenvalue weighted by molar-refractivity contribution is 5.51. The van der Waals surface area contributed by atoms with Crippen molar-refractivity contribution in [1.82, 2.24) is 10.3 Å². The maximum Gasteiger partial charge on any atom is 0.0794 e. The van der Waals surface area contributed by atoms with Crippen molar-refractivity contribution < 1.29 is 0 Å². The number of anilines is 1. The Labute approximate surface area is 90.5 Å². The Kier molecular flexibility index (Phi) is 2.89. The molecule has 1 unspecified atom stereocenters. The van der Waals surface area contributed by atoms with E-state index in [9.17, 15) is 0 Å². The Morgan fingerprint density at radius 2 is 2.47 bits per heavy atom. The SMILES string of the molecule is C#Cc1cncc(N2CCCC2NC)c1. The lowest BCUT2D eigenvalue weighted by Gasteiger charge is -2.25. The molecule has 0 aromatic carbocycles. The van der Waals surface area contributed by atoms with Gasteiger partial charge in [0, 0.05) is 18.3 Å². The third-order valence-corrected chi connectivity index (χ3v) is 2.81. The molecule has 1 saturated heterocycles. The molecule has 0 amide bonds. The van der Waals surface area contributed by atoms with Crippen molar-refractivity contribution in [3.8, 4) is 12.3 Å². The molecule has 0 bridgehead atoms. The highest BCUT2D eigenvalue weighted by Gasteiger charge is 2.23. The van der Waals surface area contributed by atoms with Gasteiger partial charge in [-0.2, -0.15) is 0 Å². The summed E-state index contributed by atoms with van der Waals surface area (Å²) in [4.78, 5) is 6.47. The van der Waals surface area contributed by atoms with E-state index < -0.39 is 0 Å². The number of terminal acetylenes is 1. The second-order valence-electron chi connectivity index (χ2n) is 3.72. The molecule has 0 spiro atoms. The molecule has 2 rings (SSSR count). The Bertz CT molecular complexity index is 381. The Balaban J connectivity index is 2.25. The second-order valence-corrected chi connectivity index (χ2v) is 3.72. The number of aromatic nitrogens is 1. The third kappa shape index (κ3) is 1.95. The molecule has 1 fully saturated rings. The third-order valence-electron chi connectivity index (χ3n) is 2.81. The molecule has 1 atom stereocenters. The molecule has 0 radical (unpaired) electrons. The molecule has 15 heavy (non-hydrogen) atoms. The number of nitrogens with one attached hydrogen (secondary N) is 1. The zero-order chi connectivity index (χ0) is 10.7. The van der Waals surface area contributed by atoms with Crippen molar-refractivity contribution >= 4 is 5.69 Å². The molecule has 1 aromatic rings.